The second kappa shape index (κ2) is 7.31. The van der Waals surface area contributed by atoms with Crippen LogP contribution in [0.4, 0.5) is 0 Å². The number of nitrogens with zero attached hydrogens (tertiary/aromatic N) is 2. The van der Waals surface area contributed by atoms with Crippen molar-refractivity contribution in [2.24, 2.45) is 0 Å². The molecule has 1 aliphatic rings. The first kappa shape index (κ1) is 15.6. The number of carboxylic acids is 1. The topological polar surface area (TPSA) is 79.6 Å². The van der Waals surface area contributed by atoms with Gasteiger partial charge in [0.05, 0.1) is 12.5 Å². The Morgan fingerprint density at radius 2 is 2.19 bits per heavy atom. The number of hydrogen-bond donors (Lipinski definition) is 1. The lowest BCUT2D eigenvalue weighted by atomic mass is 10.2. The van der Waals surface area contributed by atoms with E-state index in [0.29, 0.717) is 18.8 Å². The highest BCUT2D eigenvalue weighted by Crippen LogP contribution is 2.20. The van der Waals surface area contributed by atoms with Gasteiger partial charge in [0.1, 0.15) is 0 Å². The van der Waals surface area contributed by atoms with E-state index in [1.54, 1.807) is 35.0 Å². The smallest absolute Gasteiger partial charge is 0.305 e. The molecule has 1 aromatic rings. The maximum atomic E-state index is 12.3. The molecule has 1 N–H and O–H groups in total. The predicted molar refractivity (Wildman–Crippen MR) is 80.4 cm³/mol. The molecule has 1 saturated heterocycles. The van der Waals surface area contributed by atoms with Gasteiger partial charge in [0.2, 0.25) is 5.91 Å². The van der Waals surface area contributed by atoms with E-state index < -0.39 is 5.97 Å². The van der Waals surface area contributed by atoms with E-state index in [1.165, 1.54) is 10.6 Å². The molecule has 21 heavy (non-hydrogen) atoms. The van der Waals surface area contributed by atoms with Crippen molar-refractivity contribution in [2.75, 3.05) is 18.1 Å². The van der Waals surface area contributed by atoms with Crippen LogP contribution in [0.3, 0.4) is 0 Å². The molecule has 1 aliphatic heterocycles. The first-order valence-electron chi connectivity index (χ1n) is 6.82. The SMILES string of the molecule is O=C(O)CC1CSCCN1C(=O)CCn1ccccc1=O. The summed E-state index contributed by atoms with van der Waals surface area (Å²) in [5.74, 6) is 0.507. The summed E-state index contributed by atoms with van der Waals surface area (Å²) in [7, 11) is 0. The van der Waals surface area contributed by atoms with Crippen LogP contribution in [0.5, 0.6) is 0 Å². The van der Waals surface area contributed by atoms with E-state index in [-0.39, 0.29) is 30.3 Å². The lowest BCUT2D eigenvalue weighted by Gasteiger charge is -2.34. The molecule has 114 valence electrons. The summed E-state index contributed by atoms with van der Waals surface area (Å²) in [6.07, 6.45) is 1.84. The summed E-state index contributed by atoms with van der Waals surface area (Å²) in [5.41, 5.74) is -0.137. The molecule has 1 atom stereocenters. The van der Waals surface area contributed by atoms with Crippen LogP contribution < -0.4 is 5.56 Å². The number of carbonyl (C=O) groups is 2. The Morgan fingerprint density at radius 1 is 1.38 bits per heavy atom. The highest BCUT2D eigenvalue weighted by molar-refractivity contribution is 7.99. The molecule has 1 fully saturated rings. The largest absolute Gasteiger partial charge is 0.481 e. The summed E-state index contributed by atoms with van der Waals surface area (Å²) in [4.78, 5) is 36.4. The maximum absolute atomic E-state index is 12.3. The maximum Gasteiger partial charge on any atom is 0.305 e. The molecule has 1 amide bonds. The highest BCUT2D eigenvalue weighted by Gasteiger charge is 2.28. The molecule has 1 unspecified atom stereocenters. The summed E-state index contributed by atoms with van der Waals surface area (Å²) < 4.78 is 1.49. The van der Waals surface area contributed by atoms with Crippen LogP contribution >= 0.6 is 11.8 Å². The number of rotatable bonds is 5. The predicted octanol–water partition coefficient (Wildman–Crippen LogP) is 0.657. The number of aliphatic carboxylic acids is 1. The van der Waals surface area contributed by atoms with Gasteiger partial charge in [0.25, 0.3) is 5.56 Å². The Hall–Kier alpha value is -1.76. The molecule has 6 nitrogen and oxygen atoms in total. The van der Waals surface area contributed by atoms with Gasteiger partial charge in [0, 0.05) is 43.3 Å². The van der Waals surface area contributed by atoms with Crippen molar-refractivity contribution >= 4 is 23.6 Å². The van der Waals surface area contributed by atoms with Crippen LogP contribution in [-0.4, -0.2) is 50.5 Å². The van der Waals surface area contributed by atoms with E-state index in [4.69, 9.17) is 5.11 Å². The monoisotopic (exact) mass is 310 g/mol. The molecular formula is C14H18N2O4S. The zero-order valence-corrected chi connectivity index (χ0v) is 12.4. The number of hydrogen-bond acceptors (Lipinski definition) is 4. The number of carbonyl (C=O) groups excluding carboxylic acids is 1. The van der Waals surface area contributed by atoms with Crippen LogP contribution in [0.25, 0.3) is 0 Å². The van der Waals surface area contributed by atoms with Crippen molar-refractivity contribution in [3.63, 3.8) is 0 Å². The zero-order chi connectivity index (χ0) is 15.2. The van der Waals surface area contributed by atoms with E-state index in [0.717, 1.165) is 5.75 Å². The van der Waals surface area contributed by atoms with Crippen molar-refractivity contribution in [2.45, 2.75) is 25.4 Å². The fourth-order valence-corrected chi connectivity index (χ4v) is 3.42. The lowest BCUT2D eigenvalue weighted by Crippen LogP contribution is -2.47. The average Bonchev–Trinajstić information content (AvgIpc) is 2.46. The fourth-order valence-electron chi connectivity index (χ4n) is 2.36. The van der Waals surface area contributed by atoms with Gasteiger partial charge in [0.15, 0.2) is 0 Å². The third-order valence-electron chi connectivity index (χ3n) is 3.42. The number of pyridine rings is 1. The molecule has 0 bridgehead atoms. The molecule has 2 heterocycles. The molecule has 0 aliphatic carbocycles. The quantitative estimate of drug-likeness (QED) is 0.864. The first-order chi connectivity index (χ1) is 10.1. The molecular weight excluding hydrogens is 292 g/mol. The van der Waals surface area contributed by atoms with E-state index in [2.05, 4.69) is 0 Å². The molecule has 1 aromatic heterocycles. The standard InChI is InChI=1S/C14H18N2O4S/c17-12-3-1-2-5-15(12)6-4-13(18)16-7-8-21-10-11(16)9-14(19)20/h1-3,5,11H,4,6-10H2,(H,19,20). The van der Waals surface area contributed by atoms with E-state index >= 15 is 0 Å². The molecule has 2 rings (SSSR count). The number of thioether (sulfide) groups is 1. The summed E-state index contributed by atoms with van der Waals surface area (Å²) in [6, 6.07) is 4.61. The fraction of sp³-hybridized carbons (Fsp3) is 0.500. The minimum absolute atomic E-state index is 0.0238. The summed E-state index contributed by atoms with van der Waals surface area (Å²) in [5, 5.41) is 8.92. The van der Waals surface area contributed by atoms with Crippen molar-refractivity contribution < 1.29 is 14.7 Å². The third kappa shape index (κ3) is 4.35. The minimum Gasteiger partial charge on any atom is -0.481 e. The van der Waals surface area contributed by atoms with Crippen molar-refractivity contribution in [1.82, 2.24) is 9.47 Å². The van der Waals surface area contributed by atoms with Gasteiger partial charge < -0.3 is 14.6 Å². The summed E-state index contributed by atoms with van der Waals surface area (Å²) in [6.45, 7) is 0.896. The number of amides is 1. The van der Waals surface area contributed by atoms with E-state index in [9.17, 15) is 14.4 Å². The van der Waals surface area contributed by atoms with Crippen molar-refractivity contribution in [3.05, 3.63) is 34.7 Å². The Morgan fingerprint density at radius 3 is 2.90 bits per heavy atom. The number of aromatic nitrogens is 1. The molecule has 0 saturated carbocycles. The Bertz CT molecular complexity index is 572. The number of aryl methyl sites for hydroxylation is 1. The third-order valence-corrected chi connectivity index (χ3v) is 4.52. The normalized spacial score (nSPS) is 18.5. The Labute approximate surface area is 126 Å². The first-order valence-corrected chi connectivity index (χ1v) is 7.98. The van der Waals surface area contributed by atoms with Gasteiger partial charge in [-0.05, 0) is 6.07 Å². The van der Waals surface area contributed by atoms with Gasteiger partial charge >= 0.3 is 5.97 Å². The Balaban J connectivity index is 1.96. The van der Waals surface area contributed by atoms with Crippen molar-refractivity contribution in [3.8, 4) is 0 Å². The van der Waals surface area contributed by atoms with Crippen LogP contribution in [0.1, 0.15) is 12.8 Å². The van der Waals surface area contributed by atoms with Crippen LogP contribution in [0.15, 0.2) is 29.2 Å². The van der Waals surface area contributed by atoms with Crippen LogP contribution in [0, 0.1) is 0 Å². The van der Waals surface area contributed by atoms with Gasteiger partial charge in [-0.15, -0.1) is 0 Å². The molecule has 0 spiro atoms. The molecule has 0 aromatic carbocycles. The number of carboxylic acid groups (broad SMARTS) is 1. The van der Waals surface area contributed by atoms with E-state index in [1.807, 2.05) is 0 Å². The van der Waals surface area contributed by atoms with Crippen LogP contribution in [-0.2, 0) is 16.1 Å². The van der Waals surface area contributed by atoms with Crippen molar-refractivity contribution in [1.29, 1.82) is 0 Å². The van der Waals surface area contributed by atoms with Gasteiger partial charge in [-0.2, -0.15) is 11.8 Å². The second-order valence-corrected chi connectivity index (χ2v) is 6.05. The van der Waals surface area contributed by atoms with Gasteiger partial charge in [-0.3, -0.25) is 14.4 Å². The van der Waals surface area contributed by atoms with Crippen LogP contribution in [0.2, 0.25) is 0 Å². The Kier molecular flexibility index (Phi) is 5.44. The average molecular weight is 310 g/mol. The molecule has 0 radical (unpaired) electrons. The van der Waals surface area contributed by atoms with Gasteiger partial charge in [-0.1, -0.05) is 6.07 Å². The minimum atomic E-state index is -0.889. The zero-order valence-electron chi connectivity index (χ0n) is 11.6. The second-order valence-electron chi connectivity index (χ2n) is 4.90. The van der Waals surface area contributed by atoms with Gasteiger partial charge in [-0.25, -0.2) is 0 Å². The lowest BCUT2D eigenvalue weighted by molar-refractivity contribution is -0.140. The summed E-state index contributed by atoms with van der Waals surface area (Å²) >= 11 is 1.67. The molecule has 7 heteroatoms. The highest BCUT2D eigenvalue weighted by atomic mass is 32.2.